The molecule has 1 aromatic heterocycles. The minimum absolute atomic E-state index is 0.0641. The molecule has 0 saturated heterocycles. The molecule has 2 rings (SSSR count). The number of furan rings is 1. The van der Waals surface area contributed by atoms with Crippen molar-refractivity contribution >= 4 is 11.0 Å². The van der Waals surface area contributed by atoms with E-state index in [4.69, 9.17) is 4.42 Å². The molecule has 1 N–H and O–H groups in total. The molecule has 1 heterocycles. The second kappa shape index (κ2) is 5.83. The lowest BCUT2D eigenvalue weighted by molar-refractivity contribution is 0.425. The first kappa shape index (κ1) is 12.8. The third-order valence-corrected chi connectivity index (χ3v) is 2.90. The summed E-state index contributed by atoms with van der Waals surface area (Å²) < 4.78 is 19.2. The van der Waals surface area contributed by atoms with Crippen LogP contribution in [0.4, 0.5) is 4.39 Å². The minimum Gasteiger partial charge on any atom is -0.456 e. The van der Waals surface area contributed by atoms with E-state index in [9.17, 15) is 4.39 Å². The number of halogens is 1. The highest BCUT2D eigenvalue weighted by atomic mass is 19.1. The highest BCUT2D eigenvalue weighted by molar-refractivity contribution is 5.78. The zero-order valence-electron chi connectivity index (χ0n) is 10.6. The van der Waals surface area contributed by atoms with Crippen LogP contribution in [-0.2, 0) is 0 Å². The van der Waals surface area contributed by atoms with Crippen LogP contribution in [0.3, 0.4) is 0 Å². The van der Waals surface area contributed by atoms with Gasteiger partial charge in [0.15, 0.2) is 11.4 Å². The molecule has 0 fully saturated rings. The first-order chi connectivity index (χ1) is 8.76. The first-order valence-corrected chi connectivity index (χ1v) is 6.28. The monoisotopic (exact) mass is 247 g/mol. The predicted molar refractivity (Wildman–Crippen MR) is 72.0 cm³/mol. The van der Waals surface area contributed by atoms with Crippen LogP contribution in [0.25, 0.3) is 11.0 Å². The molecule has 1 aromatic carbocycles. The summed E-state index contributed by atoms with van der Waals surface area (Å²) in [7, 11) is 0. The van der Waals surface area contributed by atoms with Gasteiger partial charge in [-0.2, -0.15) is 0 Å². The third kappa shape index (κ3) is 2.62. The molecule has 1 unspecified atom stereocenters. The molecule has 0 bridgehead atoms. The van der Waals surface area contributed by atoms with Gasteiger partial charge in [0.05, 0.1) is 6.04 Å². The summed E-state index contributed by atoms with van der Waals surface area (Å²) >= 11 is 0. The van der Waals surface area contributed by atoms with Crippen LogP contribution >= 0.6 is 0 Å². The highest BCUT2D eigenvalue weighted by Gasteiger charge is 2.15. The van der Waals surface area contributed by atoms with Gasteiger partial charge in [-0.15, -0.1) is 6.58 Å². The van der Waals surface area contributed by atoms with Crippen LogP contribution < -0.4 is 5.32 Å². The number of benzene rings is 1. The third-order valence-electron chi connectivity index (χ3n) is 2.90. The number of para-hydroxylation sites is 1. The SMILES string of the molecule is C=CCC(NCCC)c1cc2cccc(F)c2o1. The molecular weight excluding hydrogens is 229 g/mol. The van der Waals surface area contributed by atoms with Gasteiger partial charge < -0.3 is 9.73 Å². The molecule has 0 aliphatic heterocycles. The summed E-state index contributed by atoms with van der Waals surface area (Å²) in [5.41, 5.74) is 0.333. The van der Waals surface area contributed by atoms with Crippen molar-refractivity contribution in [1.29, 1.82) is 0 Å². The van der Waals surface area contributed by atoms with E-state index in [0.29, 0.717) is 5.58 Å². The van der Waals surface area contributed by atoms with Crippen LogP contribution in [0.5, 0.6) is 0 Å². The summed E-state index contributed by atoms with van der Waals surface area (Å²) in [6, 6.07) is 6.93. The highest BCUT2D eigenvalue weighted by Crippen LogP contribution is 2.27. The summed E-state index contributed by atoms with van der Waals surface area (Å²) in [6.07, 6.45) is 3.65. The van der Waals surface area contributed by atoms with Gasteiger partial charge in [0.25, 0.3) is 0 Å². The molecule has 0 aliphatic carbocycles. The molecule has 2 nitrogen and oxygen atoms in total. The summed E-state index contributed by atoms with van der Waals surface area (Å²) in [6.45, 7) is 6.76. The maximum Gasteiger partial charge on any atom is 0.169 e. The Morgan fingerprint density at radius 2 is 2.33 bits per heavy atom. The van der Waals surface area contributed by atoms with E-state index < -0.39 is 0 Å². The number of hydrogen-bond acceptors (Lipinski definition) is 2. The lowest BCUT2D eigenvalue weighted by Gasteiger charge is -2.13. The van der Waals surface area contributed by atoms with Crippen molar-refractivity contribution in [3.8, 4) is 0 Å². The molecule has 0 saturated carbocycles. The molecule has 18 heavy (non-hydrogen) atoms. The Balaban J connectivity index is 2.32. The van der Waals surface area contributed by atoms with Gasteiger partial charge in [0.2, 0.25) is 0 Å². The molecule has 0 radical (unpaired) electrons. The fraction of sp³-hybridized carbons (Fsp3) is 0.333. The van der Waals surface area contributed by atoms with Crippen molar-refractivity contribution in [2.75, 3.05) is 6.54 Å². The van der Waals surface area contributed by atoms with E-state index in [1.807, 2.05) is 18.2 Å². The van der Waals surface area contributed by atoms with Gasteiger partial charge in [-0.3, -0.25) is 0 Å². The summed E-state index contributed by atoms with van der Waals surface area (Å²) in [5.74, 6) is 0.454. The zero-order chi connectivity index (χ0) is 13.0. The molecule has 96 valence electrons. The Labute approximate surface area is 106 Å². The van der Waals surface area contributed by atoms with Crippen LogP contribution in [0, 0.1) is 5.82 Å². The molecular formula is C15H18FNO. The average Bonchev–Trinajstić information content (AvgIpc) is 2.80. The number of fused-ring (bicyclic) bond motifs is 1. The number of nitrogens with one attached hydrogen (secondary N) is 1. The van der Waals surface area contributed by atoms with Gasteiger partial charge >= 0.3 is 0 Å². The van der Waals surface area contributed by atoms with E-state index in [1.165, 1.54) is 6.07 Å². The van der Waals surface area contributed by atoms with Crippen molar-refractivity contribution in [3.63, 3.8) is 0 Å². The smallest absolute Gasteiger partial charge is 0.169 e. The second-order valence-corrected chi connectivity index (χ2v) is 4.34. The van der Waals surface area contributed by atoms with Crippen LogP contribution in [0.1, 0.15) is 31.6 Å². The maximum absolute atomic E-state index is 13.6. The second-order valence-electron chi connectivity index (χ2n) is 4.34. The van der Waals surface area contributed by atoms with Crippen molar-refractivity contribution in [2.45, 2.75) is 25.8 Å². The van der Waals surface area contributed by atoms with Gasteiger partial charge in [0.1, 0.15) is 5.76 Å². The maximum atomic E-state index is 13.6. The predicted octanol–water partition coefficient (Wildman–Crippen LogP) is 4.19. The Kier molecular flexibility index (Phi) is 4.15. The Morgan fingerprint density at radius 3 is 3.00 bits per heavy atom. The Morgan fingerprint density at radius 1 is 1.50 bits per heavy atom. The van der Waals surface area contributed by atoms with Crippen molar-refractivity contribution in [1.82, 2.24) is 5.32 Å². The van der Waals surface area contributed by atoms with Gasteiger partial charge in [-0.25, -0.2) is 4.39 Å². The van der Waals surface area contributed by atoms with E-state index in [-0.39, 0.29) is 11.9 Å². The van der Waals surface area contributed by atoms with Crippen LogP contribution in [0.15, 0.2) is 41.3 Å². The van der Waals surface area contributed by atoms with Gasteiger partial charge in [-0.05, 0) is 31.5 Å². The standard InChI is InChI=1S/C15H18FNO/c1-3-6-13(17-9-4-2)14-10-11-7-5-8-12(16)15(11)18-14/h3,5,7-8,10,13,17H,1,4,6,9H2,2H3. The molecule has 1 atom stereocenters. The van der Waals surface area contributed by atoms with Gasteiger partial charge in [-0.1, -0.05) is 25.1 Å². The topological polar surface area (TPSA) is 25.2 Å². The van der Waals surface area contributed by atoms with E-state index in [2.05, 4.69) is 18.8 Å². The Bertz CT molecular complexity index is 532. The average molecular weight is 247 g/mol. The normalized spacial score (nSPS) is 12.8. The zero-order valence-corrected chi connectivity index (χ0v) is 10.6. The minimum atomic E-state index is -0.313. The fourth-order valence-electron chi connectivity index (χ4n) is 2.00. The molecule has 0 aliphatic rings. The van der Waals surface area contributed by atoms with Crippen molar-refractivity contribution in [2.24, 2.45) is 0 Å². The van der Waals surface area contributed by atoms with Crippen molar-refractivity contribution < 1.29 is 8.81 Å². The summed E-state index contributed by atoms with van der Waals surface area (Å²) in [5, 5.41) is 4.18. The fourth-order valence-corrected chi connectivity index (χ4v) is 2.00. The molecule has 3 heteroatoms. The van der Waals surface area contributed by atoms with Crippen LogP contribution in [-0.4, -0.2) is 6.54 Å². The molecule has 2 aromatic rings. The first-order valence-electron chi connectivity index (χ1n) is 6.28. The lowest BCUT2D eigenvalue weighted by Crippen LogP contribution is -2.21. The largest absolute Gasteiger partial charge is 0.456 e. The Hall–Kier alpha value is -1.61. The number of hydrogen-bond donors (Lipinski definition) is 1. The molecule has 0 spiro atoms. The van der Waals surface area contributed by atoms with Crippen LogP contribution in [0.2, 0.25) is 0 Å². The van der Waals surface area contributed by atoms with Crippen molar-refractivity contribution in [3.05, 3.63) is 48.5 Å². The summed E-state index contributed by atoms with van der Waals surface area (Å²) in [4.78, 5) is 0. The van der Waals surface area contributed by atoms with Gasteiger partial charge in [0, 0.05) is 5.39 Å². The lowest BCUT2D eigenvalue weighted by atomic mass is 10.1. The number of rotatable bonds is 6. The van der Waals surface area contributed by atoms with E-state index in [1.54, 1.807) is 6.07 Å². The quantitative estimate of drug-likeness (QED) is 0.774. The van der Waals surface area contributed by atoms with E-state index in [0.717, 1.165) is 30.5 Å². The van der Waals surface area contributed by atoms with E-state index >= 15 is 0 Å². The molecule has 0 amide bonds.